The Morgan fingerprint density at radius 1 is 1.25 bits per heavy atom. The highest BCUT2D eigenvalue weighted by molar-refractivity contribution is 5.73. The Balaban J connectivity index is 1.68. The summed E-state index contributed by atoms with van der Waals surface area (Å²) in [5, 5.41) is 12.1. The molecule has 0 saturated heterocycles. The fraction of sp³-hybridized carbons (Fsp3) is 0.333. The van der Waals surface area contributed by atoms with E-state index in [4.69, 9.17) is 4.74 Å². The number of hydrogen-bond acceptors (Lipinski definition) is 6. The van der Waals surface area contributed by atoms with Crippen LogP contribution in [0.3, 0.4) is 0 Å². The lowest BCUT2D eigenvalue weighted by atomic mass is 9.99. The largest absolute Gasteiger partial charge is 0.491 e. The van der Waals surface area contributed by atoms with Gasteiger partial charge in [-0.15, -0.1) is 0 Å². The van der Waals surface area contributed by atoms with Gasteiger partial charge in [0.1, 0.15) is 11.6 Å². The summed E-state index contributed by atoms with van der Waals surface area (Å²) in [7, 11) is 0. The van der Waals surface area contributed by atoms with Gasteiger partial charge in [-0.2, -0.15) is 0 Å². The number of ether oxygens (including phenoxy) is 1. The molecule has 6 heteroatoms. The molecular weight excluding hydrogens is 304 g/mol. The summed E-state index contributed by atoms with van der Waals surface area (Å²) >= 11 is 0. The smallest absolute Gasteiger partial charge is 0.175 e. The number of nitrogens with one attached hydrogen (secondary N) is 1. The maximum absolute atomic E-state index is 10.5. The predicted molar refractivity (Wildman–Crippen MR) is 93.0 cm³/mol. The van der Waals surface area contributed by atoms with E-state index in [1.807, 2.05) is 24.3 Å². The molecule has 2 aromatic heterocycles. The third-order valence-electron chi connectivity index (χ3n) is 3.52. The highest BCUT2D eigenvalue weighted by atomic mass is 16.5. The van der Waals surface area contributed by atoms with Crippen molar-refractivity contribution in [1.29, 1.82) is 0 Å². The summed E-state index contributed by atoms with van der Waals surface area (Å²) in [5.74, 6) is 1.32. The molecule has 24 heavy (non-hydrogen) atoms. The van der Waals surface area contributed by atoms with E-state index in [2.05, 4.69) is 36.2 Å². The second-order valence-electron chi connectivity index (χ2n) is 6.92. The van der Waals surface area contributed by atoms with E-state index in [0.29, 0.717) is 18.2 Å². The van der Waals surface area contributed by atoms with Gasteiger partial charge in [0.15, 0.2) is 6.23 Å². The molecule has 1 aliphatic rings. The lowest BCUT2D eigenvalue weighted by molar-refractivity contribution is 0.197. The van der Waals surface area contributed by atoms with Gasteiger partial charge in [-0.1, -0.05) is 26.8 Å². The zero-order valence-corrected chi connectivity index (χ0v) is 14.1. The molecule has 0 saturated carbocycles. The highest BCUT2D eigenvalue weighted by Gasteiger charge is 2.27. The van der Waals surface area contributed by atoms with Crippen molar-refractivity contribution in [2.24, 2.45) is 5.41 Å². The molecule has 2 aromatic rings. The van der Waals surface area contributed by atoms with Crippen molar-refractivity contribution in [2.75, 3.05) is 11.6 Å². The molecule has 1 unspecified atom stereocenters. The summed E-state index contributed by atoms with van der Waals surface area (Å²) in [6.45, 7) is 6.96. The molecule has 6 nitrogen and oxygen atoms in total. The Morgan fingerprint density at radius 3 is 2.71 bits per heavy atom. The minimum Gasteiger partial charge on any atom is -0.491 e. The van der Waals surface area contributed by atoms with Crippen molar-refractivity contribution in [2.45, 2.75) is 27.0 Å². The molecule has 1 atom stereocenters. The molecule has 1 aliphatic heterocycles. The summed E-state index contributed by atoms with van der Waals surface area (Å²) in [6.07, 6.45) is 6.01. The van der Waals surface area contributed by atoms with Crippen LogP contribution in [0.2, 0.25) is 0 Å². The van der Waals surface area contributed by atoms with Crippen molar-refractivity contribution in [3.05, 3.63) is 54.6 Å². The minimum absolute atomic E-state index is 0.0912. The van der Waals surface area contributed by atoms with E-state index in [9.17, 15) is 5.11 Å². The summed E-state index contributed by atoms with van der Waals surface area (Å²) in [6, 6.07) is 7.41. The molecular formula is C18H22N4O2. The van der Waals surface area contributed by atoms with Crippen LogP contribution in [0, 0.1) is 5.41 Å². The van der Waals surface area contributed by atoms with Gasteiger partial charge >= 0.3 is 0 Å². The molecule has 2 N–H and O–H groups in total. The molecule has 3 rings (SSSR count). The van der Waals surface area contributed by atoms with Crippen LogP contribution in [0.25, 0.3) is 5.57 Å². The first-order chi connectivity index (χ1) is 11.4. The third kappa shape index (κ3) is 3.65. The van der Waals surface area contributed by atoms with Crippen LogP contribution < -0.4 is 15.2 Å². The quantitative estimate of drug-likeness (QED) is 0.900. The van der Waals surface area contributed by atoms with E-state index in [1.165, 1.54) is 0 Å². The van der Waals surface area contributed by atoms with E-state index in [-0.39, 0.29) is 5.41 Å². The predicted octanol–water partition coefficient (Wildman–Crippen LogP) is 2.59. The van der Waals surface area contributed by atoms with Crippen LogP contribution in [0.4, 0.5) is 5.82 Å². The summed E-state index contributed by atoms with van der Waals surface area (Å²) < 4.78 is 5.72. The average molecular weight is 326 g/mol. The Morgan fingerprint density at radius 2 is 2.08 bits per heavy atom. The van der Waals surface area contributed by atoms with Crippen molar-refractivity contribution in [1.82, 2.24) is 15.4 Å². The number of hydrogen-bond donors (Lipinski definition) is 2. The van der Waals surface area contributed by atoms with Crippen molar-refractivity contribution >= 4 is 11.4 Å². The zero-order valence-electron chi connectivity index (χ0n) is 14.1. The number of aliphatic hydroxyl groups excluding tert-OH is 1. The average Bonchev–Trinajstić information content (AvgIpc) is 2.95. The number of nitrogens with zero attached hydrogens (tertiary/aromatic N) is 3. The van der Waals surface area contributed by atoms with Gasteiger partial charge in [-0.25, -0.2) is 9.99 Å². The SMILES string of the molecule is CC(C)(C)COc1ccc(N2NC=C(c3cccnc3)C2O)nc1. The lowest BCUT2D eigenvalue weighted by Gasteiger charge is -2.23. The molecule has 126 valence electrons. The lowest BCUT2D eigenvalue weighted by Crippen LogP contribution is -2.38. The first-order valence-corrected chi connectivity index (χ1v) is 7.87. The number of hydrazine groups is 1. The van der Waals surface area contributed by atoms with Crippen LogP contribution in [-0.4, -0.2) is 27.9 Å². The van der Waals surface area contributed by atoms with Crippen molar-refractivity contribution < 1.29 is 9.84 Å². The molecule has 0 aliphatic carbocycles. The van der Waals surface area contributed by atoms with E-state index in [1.54, 1.807) is 29.8 Å². The Hall–Kier alpha value is -2.60. The number of rotatable bonds is 4. The fourth-order valence-electron chi connectivity index (χ4n) is 2.28. The minimum atomic E-state index is -0.831. The first kappa shape index (κ1) is 16.3. The standard InChI is InChI=1S/C18H22N4O2/c1-18(2,3)12-24-14-6-7-16(20-10-14)22-17(23)15(11-21-22)13-5-4-8-19-9-13/h4-11,17,21,23H,12H2,1-3H3. The van der Waals surface area contributed by atoms with Crippen LogP contribution in [0.15, 0.2) is 49.1 Å². The number of anilines is 1. The monoisotopic (exact) mass is 326 g/mol. The van der Waals surface area contributed by atoms with Gasteiger partial charge in [0.05, 0.1) is 12.8 Å². The van der Waals surface area contributed by atoms with Gasteiger partial charge in [0, 0.05) is 29.7 Å². The van der Waals surface area contributed by atoms with E-state index < -0.39 is 6.23 Å². The summed E-state index contributed by atoms with van der Waals surface area (Å²) in [5.41, 5.74) is 4.74. The van der Waals surface area contributed by atoms with Gasteiger partial charge < -0.3 is 15.3 Å². The molecule has 0 amide bonds. The van der Waals surface area contributed by atoms with Gasteiger partial charge in [0.25, 0.3) is 0 Å². The van der Waals surface area contributed by atoms with Crippen LogP contribution in [0.5, 0.6) is 5.75 Å². The normalized spacial score (nSPS) is 17.4. The third-order valence-corrected chi connectivity index (χ3v) is 3.52. The molecule has 0 radical (unpaired) electrons. The zero-order chi connectivity index (χ0) is 17.2. The maximum Gasteiger partial charge on any atom is 0.175 e. The van der Waals surface area contributed by atoms with Gasteiger partial charge in [0.2, 0.25) is 0 Å². The second kappa shape index (κ2) is 6.49. The number of aliphatic hydroxyl groups is 1. The van der Waals surface area contributed by atoms with Gasteiger partial charge in [-0.05, 0) is 23.6 Å². The Kier molecular flexibility index (Phi) is 4.40. The van der Waals surface area contributed by atoms with Crippen molar-refractivity contribution in [3.8, 4) is 5.75 Å². The van der Waals surface area contributed by atoms with E-state index >= 15 is 0 Å². The van der Waals surface area contributed by atoms with Crippen LogP contribution in [0.1, 0.15) is 26.3 Å². The Bertz CT molecular complexity index is 708. The van der Waals surface area contributed by atoms with Crippen molar-refractivity contribution in [3.63, 3.8) is 0 Å². The number of pyridine rings is 2. The maximum atomic E-state index is 10.5. The van der Waals surface area contributed by atoms with E-state index in [0.717, 1.165) is 11.1 Å². The second-order valence-corrected chi connectivity index (χ2v) is 6.92. The summed E-state index contributed by atoms with van der Waals surface area (Å²) in [4.78, 5) is 8.45. The molecule has 0 fully saturated rings. The molecule has 3 heterocycles. The number of aromatic nitrogens is 2. The van der Waals surface area contributed by atoms with Gasteiger partial charge in [-0.3, -0.25) is 4.98 Å². The highest BCUT2D eigenvalue weighted by Crippen LogP contribution is 2.27. The molecule has 0 spiro atoms. The first-order valence-electron chi connectivity index (χ1n) is 7.87. The molecule has 0 bridgehead atoms. The van der Waals surface area contributed by atoms with Crippen LogP contribution >= 0.6 is 0 Å². The fourth-order valence-corrected chi connectivity index (χ4v) is 2.28. The topological polar surface area (TPSA) is 70.5 Å². The Labute approximate surface area is 141 Å². The van der Waals surface area contributed by atoms with Crippen LogP contribution in [-0.2, 0) is 0 Å². The molecule has 0 aromatic carbocycles.